The second kappa shape index (κ2) is 32.8. The minimum Gasteiger partial charge on any atom is -0.412 e. The summed E-state index contributed by atoms with van der Waals surface area (Å²) in [6, 6.07) is 3.99. The largest absolute Gasteiger partial charge is 0.412 e. The van der Waals surface area contributed by atoms with Crippen LogP contribution in [-0.2, 0) is 37.5 Å². The monoisotopic (exact) mass is 402 g/mol. The molecule has 6 heteroatoms. The van der Waals surface area contributed by atoms with Crippen molar-refractivity contribution in [3.8, 4) is 0 Å². The minimum absolute atomic E-state index is 0. The van der Waals surface area contributed by atoms with E-state index < -0.39 is 0 Å². The number of allylic oxidation sites excluding steroid dienone is 1. The van der Waals surface area contributed by atoms with Gasteiger partial charge in [0, 0.05) is 46.8 Å². The number of hydrogen-bond acceptors (Lipinski definition) is 3. The van der Waals surface area contributed by atoms with Crippen molar-refractivity contribution in [1.82, 2.24) is 5.32 Å². The number of nitrogens with one attached hydrogen (secondary N) is 1. The minimum atomic E-state index is -0.0440. The molecule has 1 atom stereocenters. The summed E-state index contributed by atoms with van der Waals surface area (Å²) in [5.41, 5.74) is 0.849. The quantitative estimate of drug-likeness (QED) is 0.614. The zero-order valence-electron chi connectivity index (χ0n) is 15.0. The van der Waals surface area contributed by atoms with Gasteiger partial charge in [0.05, 0.1) is 6.04 Å². The fraction of sp³-hybridized carbons (Fsp3) is 0.500. The average molecular weight is 402 g/mol. The van der Waals surface area contributed by atoms with Gasteiger partial charge in [-0.05, 0) is 31.0 Å². The normalized spacial score (nSPS) is 7.95. The number of rotatable bonds is 4. The predicted molar refractivity (Wildman–Crippen MR) is 98.8 cm³/mol. The number of ketones is 1. The van der Waals surface area contributed by atoms with Gasteiger partial charge in [0.25, 0.3) is 0 Å². The van der Waals surface area contributed by atoms with Gasteiger partial charge in [-0.2, -0.15) is 18.3 Å². The van der Waals surface area contributed by atoms with Crippen LogP contribution in [0, 0.1) is 6.92 Å². The number of carbonyl (C=O) groups excluding carboxylic acids is 1. The van der Waals surface area contributed by atoms with Crippen LogP contribution in [0.5, 0.6) is 0 Å². The van der Waals surface area contributed by atoms with Gasteiger partial charge in [-0.3, -0.25) is 4.79 Å². The first-order valence-corrected chi connectivity index (χ1v) is 7.62. The summed E-state index contributed by atoms with van der Waals surface area (Å²) in [6.45, 7) is 18.1. The standard InChI is InChI=1S/C8H15NO.C4H4S.C2H6.C2H5.B.H2O.Y/c1-5-8(7(4)10)9-6(2)3;1-2-4-5-3-1;2*1-2;;;/h8-9H,2,5H2,1,3-4H3;1-4H;1-2H3;1H2,2H3;;1H2;/q;;;-1;;;/t8-;;;;;;/m0....../s1. The average Bonchev–Trinajstić information content (AvgIpc) is 2.99. The summed E-state index contributed by atoms with van der Waals surface area (Å²) in [4.78, 5) is 10.8. The van der Waals surface area contributed by atoms with Gasteiger partial charge in [0.1, 0.15) is 0 Å². The smallest absolute Gasteiger partial charge is 0.151 e. The van der Waals surface area contributed by atoms with Crippen LogP contribution in [-0.4, -0.2) is 25.7 Å². The van der Waals surface area contributed by atoms with Crippen molar-refractivity contribution in [1.29, 1.82) is 0 Å². The van der Waals surface area contributed by atoms with Crippen molar-refractivity contribution >= 4 is 25.5 Å². The molecule has 126 valence electrons. The van der Waals surface area contributed by atoms with Crippen molar-refractivity contribution in [2.75, 3.05) is 0 Å². The van der Waals surface area contributed by atoms with Gasteiger partial charge < -0.3 is 17.7 Å². The van der Waals surface area contributed by atoms with Crippen molar-refractivity contribution in [2.24, 2.45) is 0 Å². The van der Waals surface area contributed by atoms with Crippen molar-refractivity contribution in [3.05, 3.63) is 42.1 Å². The molecule has 0 aliphatic rings. The molecule has 0 unspecified atom stereocenters. The third-order valence-corrected chi connectivity index (χ3v) is 2.37. The van der Waals surface area contributed by atoms with Gasteiger partial charge in [-0.25, -0.2) is 0 Å². The molecule has 3 N–H and O–H groups in total. The van der Waals surface area contributed by atoms with E-state index in [1.54, 1.807) is 25.2 Å². The molecule has 0 saturated carbocycles. The number of thiophene rings is 1. The van der Waals surface area contributed by atoms with Crippen LogP contribution in [0.3, 0.4) is 0 Å². The van der Waals surface area contributed by atoms with Crippen LogP contribution in [0.2, 0.25) is 0 Å². The van der Waals surface area contributed by atoms with Gasteiger partial charge in [-0.1, -0.05) is 39.5 Å². The summed E-state index contributed by atoms with van der Waals surface area (Å²) in [6.07, 6.45) is 0.822. The molecular formula is C16H32BNO2SY-. The first kappa shape index (κ1) is 37.9. The van der Waals surface area contributed by atoms with E-state index in [1.165, 1.54) is 0 Å². The summed E-state index contributed by atoms with van der Waals surface area (Å²) < 4.78 is 0. The van der Waals surface area contributed by atoms with Crippen molar-refractivity contribution in [2.45, 2.75) is 54.0 Å². The molecule has 22 heavy (non-hydrogen) atoms. The molecule has 1 aromatic heterocycles. The van der Waals surface area contributed by atoms with Crippen LogP contribution in [0.1, 0.15) is 48.0 Å². The fourth-order valence-corrected chi connectivity index (χ4v) is 1.47. The SMILES string of the molecule is C=C(C)N[C@@H](CC)C(C)=O.CC.O.[B].[CH2-]C.[Y].c1ccsc1. The second-order valence-corrected chi connectivity index (χ2v) is 4.11. The fourth-order valence-electron chi connectivity index (χ4n) is 1.02. The van der Waals surface area contributed by atoms with Crippen LogP contribution in [0.25, 0.3) is 0 Å². The Hall–Kier alpha value is 0.0388. The zero-order chi connectivity index (χ0) is 15.7. The van der Waals surface area contributed by atoms with E-state index in [-0.39, 0.29) is 58.4 Å². The third-order valence-electron chi connectivity index (χ3n) is 1.74. The van der Waals surface area contributed by atoms with Crippen LogP contribution in [0.15, 0.2) is 35.2 Å². The molecule has 0 bridgehead atoms. The first-order chi connectivity index (χ1) is 9.07. The van der Waals surface area contributed by atoms with Crippen LogP contribution >= 0.6 is 11.3 Å². The summed E-state index contributed by atoms with van der Waals surface area (Å²) >= 11 is 1.71. The maximum Gasteiger partial charge on any atom is 0.151 e. The molecule has 4 radical (unpaired) electrons. The molecule has 0 aromatic carbocycles. The van der Waals surface area contributed by atoms with Gasteiger partial charge in [0.15, 0.2) is 5.78 Å². The van der Waals surface area contributed by atoms with Crippen LogP contribution in [0.4, 0.5) is 0 Å². The molecule has 1 rings (SSSR count). The Kier molecular flexibility index (Phi) is 56.6. The van der Waals surface area contributed by atoms with E-state index in [2.05, 4.69) is 18.8 Å². The second-order valence-electron chi connectivity index (χ2n) is 3.29. The maximum absolute atomic E-state index is 10.8. The van der Waals surface area contributed by atoms with E-state index in [1.807, 2.05) is 50.6 Å². The molecule has 0 aliphatic carbocycles. The number of hydrogen-bond donors (Lipinski definition) is 1. The Labute approximate surface area is 169 Å². The number of carbonyl (C=O) groups is 1. The molecule has 0 aliphatic heterocycles. The Bertz CT molecular complexity index is 279. The van der Waals surface area contributed by atoms with E-state index in [0.29, 0.717) is 0 Å². The van der Waals surface area contributed by atoms with Crippen molar-refractivity contribution < 1.29 is 43.0 Å². The summed E-state index contributed by atoms with van der Waals surface area (Å²) in [5, 5.41) is 7.07. The van der Waals surface area contributed by atoms with Crippen LogP contribution < -0.4 is 5.32 Å². The molecule has 3 nitrogen and oxygen atoms in total. The Morgan fingerprint density at radius 2 is 1.59 bits per heavy atom. The molecule has 0 spiro atoms. The van der Waals surface area contributed by atoms with Crippen molar-refractivity contribution in [3.63, 3.8) is 0 Å². The van der Waals surface area contributed by atoms with Gasteiger partial charge in [-0.15, -0.1) is 0 Å². The van der Waals surface area contributed by atoms with E-state index in [4.69, 9.17) is 0 Å². The topological polar surface area (TPSA) is 60.6 Å². The maximum atomic E-state index is 10.8. The third kappa shape index (κ3) is 32.1. The summed E-state index contributed by atoms with van der Waals surface area (Å²) in [7, 11) is 0. The Balaban J connectivity index is -0.0000000458. The number of Topliss-reactive ketones (excluding diaryl/α,β-unsaturated/α-hetero) is 1. The molecule has 0 fully saturated rings. The van der Waals surface area contributed by atoms with E-state index in [9.17, 15) is 4.79 Å². The Morgan fingerprint density at radius 3 is 1.68 bits per heavy atom. The van der Waals surface area contributed by atoms with Gasteiger partial charge in [0.2, 0.25) is 0 Å². The predicted octanol–water partition coefficient (Wildman–Crippen LogP) is 3.88. The zero-order valence-corrected chi connectivity index (χ0v) is 18.6. The molecule has 1 aromatic rings. The molecular weight excluding hydrogens is 370 g/mol. The van der Waals surface area contributed by atoms with E-state index in [0.717, 1.165) is 12.1 Å². The molecule has 0 amide bonds. The Morgan fingerprint density at radius 1 is 1.23 bits per heavy atom. The summed E-state index contributed by atoms with van der Waals surface area (Å²) in [5.74, 6) is 0.172. The molecule has 0 saturated heterocycles. The molecule has 1 heterocycles. The van der Waals surface area contributed by atoms with E-state index >= 15 is 0 Å². The van der Waals surface area contributed by atoms with Gasteiger partial charge >= 0.3 is 0 Å². The first-order valence-electron chi connectivity index (χ1n) is 6.68.